The van der Waals surface area contributed by atoms with Gasteiger partial charge in [-0.3, -0.25) is 14.6 Å². The molecule has 0 aromatic carbocycles. The number of hydrogen-bond acceptors (Lipinski definition) is 6. The van der Waals surface area contributed by atoms with Crippen LogP contribution in [0.25, 0.3) is 10.9 Å². The van der Waals surface area contributed by atoms with Crippen LogP contribution in [0.4, 0.5) is 5.82 Å². The molecule has 2 aromatic heterocycles. The van der Waals surface area contributed by atoms with E-state index in [4.69, 9.17) is 10.5 Å². The Kier molecular flexibility index (Phi) is 5.11. The van der Waals surface area contributed by atoms with Crippen LogP contribution in [0.1, 0.15) is 32.8 Å². The summed E-state index contributed by atoms with van der Waals surface area (Å²) in [5.41, 5.74) is 7.24. The van der Waals surface area contributed by atoms with Crippen LogP contribution in [0.5, 0.6) is 0 Å². The number of anilines is 1. The van der Waals surface area contributed by atoms with Gasteiger partial charge in [-0.15, -0.1) is 0 Å². The number of aryl methyl sites for hydroxylation is 1. The summed E-state index contributed by atoms with van der Waals surface area (Å²) in [6, 6.07) is 1.79. The fraction of sp³-hybridized carbons (Fsp3) is 0.471. The first-order valence-corrected chi connectivity index (χ1v) is 7.72. The summed E-state index contributed by atoms with van der Waals surface area (Å²) >= 11 is 0. The van der Waals surface area contributed by atoms with Crippen LogP contribution in [0.3, 0.4) is 0 Å². The summed E-state index contributed by atoms with van der Waals surface area (Å²) in [6.07, 6.45) is 3.95. The summed E-state index contributed by atoms with van der Waals surface area (Å²) < 4.78 is 11.7. The summed E-state index contributed by atoms with van der Waals surface area (Å²) in [6.45, 7) is 5.44. The van der Waals surface area contributed by atoms with Crippen LogP contribution in [-0.2, 0) is 32.0 Å². The largest absolute Gasteiger partial charge is 0.469 e. The number of nitrogens with two attached hydrogens (primary N) is 1. The first-order chi connectivity index (χ1) is 11.2. The molecule has 0 saturated heterocycles. The van der Waals surface area contributed by atoms with E-state index < -0.39 is 5.60 Å². The topological polar surface area (TPSA) is 96.4 Å². The highest BCUT2D eigenvalue weighted by molar-refractivity contribution is 5.90. The molecule has 0 atom stereocenters. The first-order valence-electron chi connectivity index (χ1n) is 7.72. The highest BCUT2D eigenvalue weighted by Crippen LogP contribution is 2.29. The van der Waals surface area contributed by atoms with E-state index in [-0.39, 0.29) is 24.9 Å². The average molecular weight is 333 g/mol. The van der Waals surface area contributed by atoms with Gasteiger partial charge in [-0.05, 0) is 33.3 Å². The Bertz CT molecular complexity index is 759. The first kappa shape index (κ1) is 17.8. The third-order valence-electron chi connectivity index (χ3n) is 3.53. The van der Waals surface area contributed by atoms with Crippen molar-refractivity contribution in [1.29, 1.82) is 0 Å². The fourth-order valence-corrected chi connectivity index (χ4v) is 2.55. The van der Waals surface area contributed by atoms with Gasteiger partial charge in [0.15, 0.2) is 0 Å². The molecule has 2 N–H and O–H groups in total. The van der Waals surface area contributed by atoms with E-state index >= 15 is 0 Å². The third kappa shape index (κ3) is 4.04. The van der Waals surface area contributed by atoms with Crippen molar-refractivity contribution in [2.45, 2.75) is 45.8 Å². The monoisotopic (exact) mass is 333 g/mol. The molecule has 0 aliphatic heterocycles. The van der Waals surface area contributed by atoms with E-state index in [0.29, 0.717) is 12.2 Å². The summed E-state index contributed by atoms with van der Waals surface area (Å²) in [7, 11) is 1.35. The van der Waals surface area contributed by atoms with Gasteiger partial charge >= 0.3 is 11.9 Å². The number of aromatic nitrogens is 2. The van der Waals surface area contributed by atoms with Crippen molar-refractivity contribution in [3.8, 4) is 0 Å². The number of hydrogen-bond donors (Lipinski definition) is 1. The molecule has 7 nitrogen and oxygen atoms in total. The lowest BCUT2D eigenvalue weighted by Gasteiger charge is -2.20. The average Bonchev–Trinajstić information content (AvgIpc) is 2.76. The molecule has 0 spiro atoms. The Labute approximate surface area is 140 Å². The molecule has 0 fully saturated rings. The Morgan fingerprint density at radius 2 is 2.00 bits per heavy atom. The van der Waals surface area contributed by atoms with E-state index in [2.05, 4.69) is 9.72 Å². The highest BCUT2D eigenvalue weighted by Gasteiger charge is 2.21. The second-order valence-corrected chi connectivity index (χ2v) is 6.51. The van der Waals surface area contributed by atoms with E-state index in [0.717, 1.165) is 16.5 Å². The maximum atomic E-state index is 12.2. The maximum absolute atomic E-state index is 12.2. The SMILES string of the molecule is COC(=O)CCc1c(N)n(CC(=O)OC(C)(C)C)c2ccncc12. The molecule has 2 aromatic rings. The number of nitrogen functional groups attached to an aromatic ring is 1. The summed E-state index contributed by atoms with van der Waals surface area (Å²) in [5, 5.41) is 0.822. The van der Waals surface area contributed by atoms with Crippen molar-refractivity contribution in [3.05, 3.63) is 24.0 Å². The van der Waals surface area contributed by atoms with Crippen LogP contribution in [0.2, 0.25) is 0 Å². The van der Waals surface area contributed by atoms with Crippen molar-refractivity contribution in [2.24, 2.45) is 0 Å². The minimum Gasteiger partial charge on any atom is -0.469 e. The molecule has 0 amide bonds. The zero-order valence-corrected chi connectivity index (χ0v) is 14.5. The lowest BCUT2D eigenvalue weighted by Crippen LogP contribution is -2.26. The zero-order valence-electron chi connectivity index (χ0n) is 14.5. The van der Waals surface area contributed by atoms with Crippen molar-refractivity contribution in [1.82, 2.24) is 9.55 Å². The highest BCUT2D eigenvalue weighted by atomic mass is 16.6. The number of ether oxygens (including phenoxy) is 2. The van der Waals surface area contributed by atoms with E-state index in [1.807, 2.05) is 20.8 Å². The Morgan fingerprint density at radius 1 is 1.29 bits per heavy atom. The molecular weight excluding hydrogens is 310 g/mol. The molecule has 0 aliphatic rings. The van der Waals surface area contributed by atoms with Crippen molar-refractivity contribution < 1.29 is 19.1 Å². The van der Waals surface area contributed by atoms with Crippen LogP contribution in [-0.4, -0.2) is 34.2 Å². The molecule has 0 aliphatic carbocycles. The van der Waals surface area contributed by atoms with Crippen molar-refractivity contribution in [2.75, 3.05) is 12.8 Å². The molecule has 0 saturated carbocycles. The number of pyridine rings is 1. The predicted octanol–water partition coefficient (Wildman–Crippen LogP) is 2.07. The maximum Gasteiger partial charge on any atom is 0.326 e. The number of carbonyl (C=O) groups excluding carboxylic acids is 2. The Balaban J connectivity index is 2.34. The second kappa shape index (κ2) is 6.90. The van der Waals surface area contributed by atoms with Gasteiger partial charge in [-0.25, -0.2) is 0 Å². The van der Waals surface area contributed by atoms with E-state index in [9.17, 15) is 9.59 Å². The summed E-state index contributed by atoms with van der Waals surface area (Å²) in [5.74, 6) is -0.249. The van der Waals surface area contributed by atoms with Gasteiger partial charge in [0.1, 0.15) is 18.0 Å². The molecule has 0 unspecified atom stereocenters. The minimum absolute atomic E-state index is 0.00183. The van der Waals surface area contributed by atoms with Crippen LogP contribution in [0, 0.1) is 0 Å². The molecular formula is C17H23N3O4. The molecule has 24 heavy (non-hydrogen) atoms. The molecule has 7 heteroatoms. The number of fused-ring (bicyclic) bond motifs is 1. The number of methoxy groups -OCH3 is 1. The number of esters is 2. The number of nitrogens with zero attached hydrogens (tertiary/aromatic N) is 2. The normalized spacial score (nSPS) is 11.5. The van der Waals surface area contributed by atoms with Gasteiger partial charge in [0.2, 0.25) is 0 Å². The Hall–Kier alpha value is -2.57. The standard InChI is InChI=1S/C17H23N3O4/c1-17(2,3)24-15(22)10-20-13-7-8-19-9-12(13)11(16(20)18)5-6-14(21)23-4/h7-9H,5-6,10,18H2,1-4H3. The number of carbonyl (C=O) groups is 2. The Morgan fingerprint density at radius 3 is 2.62 bits per heavy atom. The molecule has 2 rings (SSSR count). The molecule has 0 radical (unpaired) electrons. The smallest absolute Gasteiger partial charge is 0.326 e. The van der Waals surface area contributed by atoms with Gasteiger partial charge in [0.25, 0.3) is 0 Å². The predicted molar refractivity (Wildman–Crippen MR) is 90.3 cm³/mol. The van der Waals surface area contributed by atoms with E-state index in [1.54, 1.807) is 23.0 Å². The quantitative estimate of drug-likeness (QED) is 0.841. The fourth-order valence-electron chi connectivity index (χ4n) is 2.55. The number of rotatable bonds is 5. The zero-order chi connectivity index (χ0) is 17.9. The molecule has 0 bridgehead atoms. The van der Waals surface area contributed by atoms with Gasteiger partial charge in [0, 0.05) is 29.8 Å². The van der Waals surface area contributed by atoms with Crippen LogP contribution >= 0.6 is 0 Å². The van der Waals surface area contributed by atoms with Gasteiger partial charge in [0.05, 0.1) is 12.6 Å². The van der Waals surface area contributed by atoms with E-state index in [1.165, 1.54) is 7.11 Å². The van der Waals surface area contributed by atoms with Gasteiger partial charge in [-0.2, -0.15) is 0 Å². The van der Waals surface area contributed by atoms with Crippen molar-refractivity contribution in [3.63, 3.8) is 0 Å². The van der Waals surface area contributed by atoms with Gasteiger partial charge in [-0.1, -0.05) is 0 Å². The van der Waals surface area contributed by atoms with Crippen LogP contribution < -0.4 is 5.73 Å². The van der Waals surface area contributed by atoms with Crippen molar-refractivity contribution >= 4 is 28.7 Å². The minimum atomic E-state index is -0.565. The third-order valence-corrected chi connectivity index (χ3v) is 3.53. The lowest BCUT2D eigenvalue weighted by atomic mass is 10.1. The lowest BCUT2D eigenvalue weighted by molar-refractivity contribution is -0.155. The van der Waals surface area contributed by atoms with Crippen LogP contribution in [0.15, 0.2) is 18.5 Å². The van der Waals surface area contributed by atoms with Gasteiger partial charge < -0.3 is 19.8 Å². The molecule has 130 valence electrons. The second-order valence-electron chi connectivity index (χ2n) is 6.51. The summed E-state index contributed by atoms with van der Waals surface area (Å²) in [4.78, 5) is 27.7. The molecule has 2 heterocycles.